The Bertz CT molecular complexity index is 263. The van der Waals surface area contributed by atoms with Crippen molar-refractivity contribution in [3.8, 4) is 0 Å². The van der Waals surface area contributed by atoms with Crippen molar-refractivity contribution in [1.82, 2.24) is 10.2 Å². The number of hydrogen-bond acceptors (Lipinski definition) is 2. The van der Waals surface area contributed by atoms with Gasteiger partial charge in [0.25, 0.3) is 0 Å². The summed E-state index contributed by atoms with van der Waals surface area (Å²) in [7, 11) is 0. The normalized spacial score (nSPS) is 27.3. The second-order valence-electron chi connectivity index (χ2n) is 6.00. The summed E-state index contributed by atoms with van der Waals surface area (Å²) in [6, 6.07) is 0.343. The number of nitrogens with one attached hydrogen (secondary N) is 1. The average molecular weight is 240 g/mol. The van der Waals surface area contributed by atoms with Gasteiger partial charge in [-0.05, 0) is 31.6 Å². The van der Waals surface area contributed by atoms with Crippen LogP contribution in [0.2, 0.25) is 0 Å². The predicted molar refractivity (Wildman–Crippen MR) is 71.6 cm³/mol. The van der Waals surface area contributed by atoms with Crippen LogP contribution in [-0.2, 0) is 4.79 Å². The van der Waals surface area contributed by atoms with Crippen LogP contribution in [0, 0.1) is 11.8 Å². The Morgan fingerprint density at radius 1 is 1.29 bits per heavy atom. The molecule has 3 unspecified atom stereocenters. The van der Waals surface area contributed by atoms with E-state index in [1.54, 1.807) is 0 Å². The molecule has 1 N–H and O–H groups in total. The summed E-state index contributed by atoms with van der Waals surface area (Å²) < 4.78 is 0. The van der Waals surface area contributed by atoms with Gasteiger partial charge in [0.1, 0.15) is 0 Å². The van der Waals surface area contributed by atoms with E-state index in [2.05, 4.69) is 44.8 Å². The van der Waals surface area contributed by atoms with E-state index in [9.17, 15) is 4.79 Å². The SMILES string of the molecule is CCC(C(C)C)N1C(=O)C(C)NC1CC(C)C. The highest BCUT2D eigenvalue weighted by Gasteiger charge is 2.40. The molecule has 1 fully saturated rings. The summed E-state index contributed by atoms with van der Waals surface area (Å²) >= 11 is 0. The fourth-order valence-electron chi connectivity index (χ4n) is 2.83. The standard InChI is InChI=1S/C14H28N2O/c1-7-12(10(4)5)16-13(8-9(2)3)15-11(6)14(16)17/h9-13,15H,7-8H2,1-6H3. The highest BCUT2D eigenvalue weighted by Crippen LogP contribution is 2.25. The van der Waals surface area contributed by atoms with Crippen molar-refractivity contribution in [3.63, 3.8) is 0 Å². The smallest absolute Gasteiger partial charge is 0.240 e. The molecule has 3 heteroatoms. The Balaban J connectivity index is 2.86. The summed E-state index contributed by atoms with van der Waals surface area (Å²) in [5, 5.41) is 3.43. The first-order valence-electron chi connectivity index (χ1n) is 6.96. The van der Waals surface area contributed by atoms with Gasteiger partial charge < -0.3 is 4.90 Å². The largest absolute Gasteiger partial charge is 0.323 e. The minimum absolute atomic E-state index is 0.0217. The lowest BCUT2D eigenvalue weighted by molar-refractivity contribution is -0.133. The van der Waals surface area contributed by atoms with Crippen molar-refractivity contribution in [2.75, 3.05) is 0 Å². The molecule has 0 aromatic rings. The molecule has 3 atom stereocenters. The molecule has 1 amide bonds. The maximum absolute atomic E-state index is 12.3. The monoisotopic (exact) mass is 240 g/mol. The van der Waals surface area contributed by atoms with Gasteiger partial charge in [0.2, 0.25) is 5.91 Å². The Morgan fingerprint density at radius 3 is 2.29 bits per heavy atom. The molecule has 3 nitrogen and oxygen atoms in total. The Morgan fingerprint density at radius 2 is 1.88 bits per heavy atom. The van der Waals surface area contributed by atoms with Crippen molar-refractivity contribution >= 4 is 5.91 Å². The minimum atomic E-state index is -0.0217. The van der Waals surface area contributed by atoms with Gasteiger partial charge in [-0.1, -0.05) is 34.6 Å². The Labute approximate surface area is 106 Å². The maximum Gasteiger partial charge on any atom is 0.240 e. The zero-order valence-corrected chi connectivity index (χ0v) is 12.2. The molecule has 0 saturated carbocycles. The van der Waals surface area contributed by atoms with Gasteiger partial charge in [-0.25, -0.2) is 0 Å². The number of carbonyl (C=O) groups is 1. The molecule has 0 aromatic heterocycles. The van der Waals surface area contributed by atoms with Crippen LogP contribution in [0.5, 0.6) is 0 Å². The highest BCUT2D eigenvalue weighted by atomic mass is 16.2. The molecule has 1 rings (SSSR count). The van der Waals surface area contributed by atoms with E-state index in [0.717, 1.165) is 12.8 Å². The summed E-state index contributed by atoms with van der Waals surface area (Å²) in [5.41, 5.74) is 0. The molecule has 17 heavy (non-hydrogen) atoms. The molecule has 1 aliphatic heterocycles. The van der Waals surface area contributed by atoms with Crippen LogP contribution in [0.3, 0.4) is 0 Å². The van der Waals surface area contributed by atoms with Crippen LogP contribution in [0.15, 0.2) is 0 Å². The van der Waals surface area contributed by atoms with Gasteiger partial charge in [-0.2, -0.15) is 0 Å². The molecule has 1 heterocycles. The lowest BCUT2D eigenvalue weighted by Crippen LogP contribution is -2.47. The third-order valence-corrected chi connectivity index (χ3v) is 3.64. The first kappa shape index (κ1) is 14.5. The van der Waals surface area contributed by atoms with E-state index >= 15 is 0 Å². The third kappa shape index (κ3) is 3.21. The van der Waals surface area contributed by atoms with Crippen molar-refractivity contribution in [2.45, 2.75) is 72.6 Å². The van der Waals surface area contributed by atoms with Crippen LogP contribution >= 0.6 is 0 Å². The molecule has 0 radical (unpaired) electrons. The lowest BCUT2D eigenvalue weighted by Gasteiger charge is -2.35. The topological polar surface area (TPSA) is 32.3 Å². The third-order valence-electron chi connectivity index (χ3n) is 3.64. The zero-order valence-electron chi connectivity index (χ0n) is 12.2. The second-order valence-corrected chi connectivity index (χ2v) is 6.00. The van der Waals surface area contributed by atoms with Crippen molar-refractivity contribution in [2.24, 2.45) is 11.8 Å². The fraction of sp³-hybridized carbons (Fsp3) is 0.929. The van der Waals surface area contributed by atoms with Gasteiger partial charge in [-0.15, -0.1) is 0 Å². The Hall–Kier alpha value is -0.570. The lowest BCUT2D eigenvalue weighted by atomic mass is 9.98. The van der Waals surface area contributed by atoms with Crippen LogP contribution in [0.4, 0.5) is 0 Å². The number of nitrogens with zero attached hydrogens (tertiary/aromatic N) is 1. The first-order chi connectivity index (χ1) is 7.88. The van der Waals surface area contributed by atoms with Gasteiger partial charge in [0.05, 0.1) is 12.2 Å². The van der Waals surface area contributed by atoms with E-state index in [-0.39, 0.29) is 18.1 Å². The van der Waals surface area contributed by atoms with Crippen molar-refractivity contribution in [1.29, 1.82) is 0 Å². The van der Waals surface area contributed by atoms with Crippen LogP contribution in [-0.4, -0.2) is 29.1 Å². The number of amides is 1. The van der Waals surface area contributed by atoms with Crippen LogP contribution in [0.1, 0.15) is 54.4 Å². The van der Waals surface area contributed by atoms with Gasteiger partial charge >= 0.3 is 0 Å². The second kappa shape index (κ2) is 5.85. The molecule has 0 aliphatic carbocycles. The molecular weight excluding hydrogens is 212 g/mol. The predicted octanol–water partition coefficient (Wildman–Crippen LogP) is 2.61. The van der Waals surface area contributed by atoms with Gasteiger partial charge in [-0.3, -0.25) is 10.1 Å². The molecular formula is C14H28N2O. The van der Waals surface area contributed by atoms with E-state index < -0.39 is 0 Å². The molecule has 1 saturated heterocycles. The van der Waals surface area contributed by atoms with Gasteiger partial charge in [0.15, 0.2) is 0 Å². The summed E-state index contributed by atoms with van der Waals surface area (Å²) in [6.45, 7) is 13.0. The molecule has 0 spiro atoms. The quantitative estimate of drug-likeness (QED) is 0.801. The molecule has 1 aliphatic rings. The number of hydrogen-bond donors (Lipinski definition) is 1. The van der Waals surface area contributed by atoms with Crippen LogP contribution in [0.25, 0.3) is 0 Å². The maximum atomic E-state index is 12.3. The van der Waals surface area contributed by atoms with Crippen molar-refractivity contribution < 1.29 is 4.79 Å². The van der Waals surface area contributed by atoms with Crippen molar-refractivity contribution in [3.05, 3.63) is 0 Å². The van der Waals surface area contributed by atoms with Crippen LogP contribution < -0.4 is 5.32 Å². The highest BCUT2D eigenvalue weighted by molar-refractivity contribution is 5.84. The average Bonchev–Trinajstić information content (AvgIpc) is 2.45. The fourth-order valence-corrected chi connectivity index (χ4v) is 2.83. The molecule has 0 aromatic carbocycles. The van der Waals surface area contributed by atoms with E-state index in [4.69, 9.17) is 0 Å². The van der Waals surface area contributed by atoms with Gasteiger partial charge in [0, 0.05) is 6.04 Å². The Kier molecular flexibility index (Phi) is 4.99. The minimum Gasteiger partial charge on any atom is -0.323 e. The summed E-state index contributed by atoms with van der Waals surface area (Å²) in [5.74, 6) is 1.40. The number of rotatable bonds is 5. The summed E-state index contributed by atoms with van der Waals surface area (Å²) in [6.07, 6.45) is 2.30. The van der Waals surface area contributed by atoms with E-state index in [0.29, 0.717) is 17.9 Å². The van der Waals surface area contributed by atoms with E-state index in [1.165, 1.54) is 0 Å². The van der Waals surface area contributed by atoms with E-state index in [1.807, 2.05) is 6.92 Å². The number of carbonyl (C=O) groups excluding carboxylic acids is 1. The molecule has 0 bridgehead atoms. The zero-order chi connectivity index (χ0) is 13.2. The summed E-state index contributed by atoms with van der Waals surface area (Å²) in [4.78, 5) is 14.4. The first-order valence-corrected chi connectivity index (χ1v) is 6.96. The molecule has 100 valence electrons.